The number of carbonyl (C=O) groups excluding carboxylic acids is 1. The Balaban J connectivity index is 1.61. The number of carbonyl (C=O) groups is 1. The third kappa shape index (κ3) is 5.17. The maximum Gasteiger partial charge on any atom is 0.276 e. The highest BCUT2D eigenvalue weighted by atomic mass is 35.5. The molecular formula is C20H20ClN3O5S. The molecule has 0 unspecified atom stereocenters. The molecular weight excluding hydrogens is 430 g/mol. The molecule has 0 aliphatic heterocycles. The van der Waals surface area contributed by atoms with Gasteiger partial charge in [0.05, 0.1) is 32.0 Å². The lowest BCUT2D eigenvalue weighted by Crippen LogP contribution is -2.12. The van der Waals surface area contributed by atoms with Crippen molar-refractivity contribution in [3.05, 3.63) is 41.4 Å². The summed E-state index contributed by atoms with van der Waals surface area (Å²) in [6, 6.07) is 10.5. The van der Waals surface area contributed by atoms with E-state index in [-0.39, 0.29) is 12.3 Å². The lowest BCUT2D eigenvalue weighted by molar-refractivity contribution is -0.115. The number of halogens is 1. The van der Waals surface area contributed by atoms with Crippen LogP contribution >= 0.6 is 23.4 Å². The first-order valence-electron chi connectivity index (χ1n) is 8.86. The summed E-state index contributed by atoms with van der Waals surface area (Å²) in [6.45, 7) is 0. The van der Waals surface area contributed by atoms with Crippen LogP contribution in [0.2, 0.25) is 5.02 Å². The molecule has 1 aromatic heterocycles. The second kappa shape index (κ2) is 10.2. The molecule has 30 heavy (non-hydrogen) atoms. The van der Waals surface area contributed by atoms with E-state index in [1.165, 1.54) is 33.1 Å². The molecule has 8 nitrogen and oxygen atoms in total. The average Bonchev–Trinajstić information content (AvgIpc) is 3.23. The van der Waals surface area contributed by atoms with Gasteiger partial charge in [-0.2, -0.15) is 0 Å². The Labute approximate surface area is 182 Å². The van der Waals surface area contributed by atoms with E-state index >= 15 is 0 Å². The Bertz CT molecular complexity index is 1000. The quantitative estimate of drug-likeness (QED) is 0.476. The number of hydrogen-bond donors (Lipinski definition) is 1. The van der Waals surface area contributed by atoms with Crippen molar-refractivity contribution in [2.75, 3.05) is 32.4 Å². The fraction of sp³-hybridized carbons (Fsp3) is 0.250. The molecule has 0 aliphatic rings. The Morgan fingerprint density at radius 2 is 1.80 bits per heavy atom. The smallest absolute Gasteiger partial charge is 0.276 e. The van der Waals surface area contributed by atoms with E-state index in [1.54, 1.807) is 36.4 Å². The fourth-order valence-electron chi connectivity index (χ4n) is 2.60. The van der Waals surface area contributed by atoms with Gasteiger partial charge >= 0.3 is 0 Å². The van der Waals surface area contributed by atoms with Crippen LogP contribution in [0.25, 0.3) is 11.5 Å². The van der Waals surface area contributed by atoms with Crippen molar-refractivity contribution >= 4 is 35.0 Å². The Morgan fingerprint density at radius 3 is 2.43 bits per heavy atom. The minimum Gasteiger partial charge on any atom is -0.493 e. The number of thioether (sulfide) groups is 1. The van der Waals surface area contributed by atoms with Gasteiger partial charge in [0, 0.05) is 17.7 Å². The molecule has 1 N–H and O–H groups in total. The number of aromatic nitrogens is 2. The minimum atomic E-state index is -0.153. The molecule has 0 aliphatic carbocycles. The van der Waals surface area contributed by atoms with Crippen LogP contribution in [0.15, 0.2) is 46.0 Å². The first kappa shape index (κ1) is 21.8. The zero-order valence-corrected chi connectivity index (χ0v) is 18.2. The van der Waals surface area contributed by atoms with Crippen LogP contribution in [0, 0.1) is 0 Å². The summed E-state index contributed by atoms with van der Waals surface area (Å²) in [5, 5.41) is 11.7. The summed E-state index contributed by atoms with van der Waals surface area (Å²) in [5.74, 6) is 2.05. The standard InChI is InChI=1S/C20H20ClN3O5S/c1-26-15-10-12(11-16(27-2)18(15)28-3)19-23-24-20(29-19)30-9-8-17(25)22-14-7-5-4-6-13(14)21/h4-7,10-11H,8-9H2,1-3H3,(H,22,25). The summed E-state index contributed by atoms with van der Waals surface area (Å²) in [6.07, 6.45) is 0.262. The lowest BCUT2D eigenvalue weighted by Gasteiger charge is -2.12. The van der Waals surface area contributed by atoms with Crippen LogP contribution < -0.4 is 19.5 Å². The van der Waals surface area contributed by atoms with Gasteiger partial charge in [-0.1, -0.05) is 35.5 Å². The van der Waals surface area contributed by atoms with E-state index < -0.39 is 0 Å². The highest BCUT2D eigenvalue weighted by Gasteiger charge is 2.18. The number of nitrogens with zero attached hydrogens (tertiary/aromatic N) is 2. The maximum absolute atomic E-state index is 12.1. The zero-order chi connectivity index (χ0) is 21.5. The topological polar surface area (TPSA) is 95.7 Å². The number of benzene rings is 2. The van der Waals surface area contributed by atoms with Gasteiger partial charge < -0.3 is 23.9 Å². The van der Waals surface area contributed by atoms with Crippen LogP contribution in [0.1, 0.15) is 6.42 Å². The first-order chi connectivity index (χ1) is 14.5. The molecule has 1 amide bonds. The average molecular weight is 450 g/mol. The van der Waals surface area contributed by atoms with E-state index in [2.05, 4.69) is 15.5 Å². The van der Waals surface area contributed by atoms with Gasteiger partial charge in [0.1, 0.15) is 0 Å². The highest BCUT2D eigenvalue weighted by molar-refractivity contribution is 7.99. The normalized spacial score (nSPS) is 10.5. The zero-order valence-electron chi connectivity index (χ0n) is 16.6. The van der Waals surface area contributed by atoms with Crippen molar-refractivity contribution in [3.63, 3.8) is 0 Å². The van der Waals surface area contributed by atoms with Gasteiger partial charge in [-0.05, 0) is 24.3 Å². The van der Waals surface area contributed by atoms with Crippen molar-refractivity contribution in [2.45, 2.75) is 11.6 Å². The SMILES string of the molecule is COc1cc(-c2nnc(SCCC(=O)Nc3ccccc3Cl)o2)cc(OC)c1OC. The summed E-state index contributed by atoms with van der Waals surface area (Å²) < 4.78 is 21.7. The van der Waals surface area contributed by atoms with Crippen molar-refractivity contribution in [3.8, 4) is 28.7 Å². The van der Waals surface area contributed by atoms with Crippen molar-refractivity contribution in [1.82, 2.24) is 10.2 Å². The largest absolute Gasteiger partial charge is 0.493 e. The number of methoxy groups -OCH3 is 3. The Hall–Kier alpha value is -2.91. The highest BCUT2D eigenvalue weighted by Crippen LogP contribution is 2.41. The first-order valence-corrected chi connectivity index (χ1v) is 10.2. The molecule has 0 saturated heterocycles. The Morgan fingerprint density at radius 1 is 1.10 bits per heavy atom. The van der Waals surface area contributed by atoms with Crippen LogP contribution in [-0.2, 0) is 4.79 Å². The van der Waals surface area contributed by atoms with Gasteiger partial charge in [-0.25, -0.2) is 0 Å². The summed E-state index contributed by atoms with van der Waals surface area (Å²) in [7, 11) is 4.59. The van der Waals surface area contributed by atoms with Crippen LogP contribution in [0.5, 0.6) is 17.2 Å². The van der Waals surface area contributed by atoms with E-state index in [0.29, 0.717) is 50.4 Å². The number of hydrogen-bond acceptors (Lipinski definition) is 8. The Kier molecular flexibility index (Phi) is 7.42. The van der Waals surface area contributed by atoms with E-state index in [0.717, 1.165) is 0 Å². The molecule has 0 atom stereocenters. The van der Waals surface area contributed by atoms with E-state index in [1.807, 2.05) is 0 Å². The van der Waals surface area contributed by atoms with Crippen LogP contribution in [-0.4, -0.2) is 43.2 Å². The van der Waals surface area contributed by atoms with Crippen molar-refractivity contribution in [1.29, 1.82) is 0 Å². The van der Waals surface area contributed by atoms with Gasteiger partial charge in [0.2, 0.25) is 17.5 Å². The minimum absolute atomic E-state index is 0.153. The van der Waals surface area contributed by atoms with Gasteiger partial charge in [-0.3, -0.25) is 4.79 Å². The molecule has 0 saturated carbocycles. The molecule has 158 valence electrons. The summed E-state index contributed by atoms with van der Waals surface area (Å²) in [4.78, 5) is 12.1. The van der Waals surface area contributed by atoms with E-state index in [4.69, 9.17) is 30.2 Å². The van der Waals surface area contributed by atoms with E-state index in [9.17, 15) is 4.79 Å². The van der Waals surface area contributed by atoms with Gasteiger partial charge in [-0.15, -0.1) is 10.2 Å². The number of ether oxygens (including phenoxy) is 3. The molecule has 0 bridgehead atoms. The van der Waals surface area contributed by atoms with Crippen LogP contribution in [0.4, 0.5) is 5.69 Å². The van der Waals surface area contributed by atoms with Crippen LogP contribution in [0.3, 0.4) is 0 Å². The number of anilines is 1. The summed E-state index contributed by atoms with van der Waals surface area (Å²) >= 11 is 7.33. The molecule has 1 heterocycles. The van der Waals surface area contributed by atoms with Crippen molar-refractivity contribution < 1.29 is 23.4 Å². The number of rotatable bonds is 9. The molecule has 2 aromatic carbocycles. The third-order valence-corrected chi connectivity index (χ3v) is 5.17. The predicted molar refractivity (Wildman–Crippen MR) is 115 cm³/mol. The fourth-order valence-corrected chi connectivity index (χ4v) is 3.48. The third-order valence-electron chi connectivity index (χ3n) is 4.02. The molecule has 0 fully saturated rings. The summed E-state index contributed by atoms with van der Waals surface area (Å²) in [5.41, 5.74) is 1.21. The molecule has 0 radical (unpaired) electrons. The lowest BCUT2D eigenvalue weighted by atomic mass is 10.2. The number of amides is 1. The predicted octanol–water partition coefficient (Wildman–Crippen LogP) is 4.54. The molecule has 10 heteroatoms. The van der Waals surface area contributed by atoms with Gasteiger partial charge in [0.15, 0.2) is 11.5 Å². The second-order valence-corrected chi connectivity index (χ2v) is 7.37. The maximum atomic E-state index is 12.1. The monoisotopic (exact) mass is 449 g/mol. The number of nitrogens with one attached hydrogen (secondary N) is 1. The molecule has 3 rings (SSSR count). The number of para-hydroxylation sites is 1. The molecule has 3 aromatic rings. The molecule has 0 spiro atoms. The second-order valence-electron chi connectivity index (χ2n) is 5.91. The van der Waals surface area contributed by atoms with Crippen molar-refractivity contribution in [2.24, 2.45) is 0 Å². The van der Waals surface area contributed by atoms with Gasteiger partial charge in [0.25, 0.3) is 5.22 Å².